The van der Waals surface area contributed by atoms with Gasteiger partial charge >= 0.3 is 0 Å². The van der Waals surface area contributed by atoms with E-state index in [9.17, 15) is 13.2 Å². The third-order valence-electron chi connectivity index (χ3n) is 3.15. The summed E-state index contributed by atoms with van der Waals surface area (Å²) in [5.74, 6) is -0.318. The van der Waals surface area contributed by atoms with E-state index in [2.05, 4.69) is 17.0 Å². The van der Waals surface area contributed by atoms with Crippen molar-refractivity contribution in [2.75, 3.05) is 16.3 Å². The second-order valence-corrected chi connectivity index (χ2v) is 7.23. The Kier molecular flexibility index (Phi) is 5.28. The molecule has 2 N–H and O–H groups in total. The van der Waals surface area contributed by atoms with E-state index in [1.165, 1.54) is 23.8 Å². The van der Waals surface area contributed by atoms with Gasteiger partial charge in [-0.05, 0) is 42.3 Å². The zero-order chi connectivity index (χ0) is 17.0. The smallest absolute Gasteiger partial charge is 0.255 e. The Morgan fingerprint density at radius 2 is 1.78 bits per heavy atom. The van der Waals surface area contributed by atoms with Gasteiger partial charge in [-0.15, -0.1) is 0 Å². The number of hydrogen-bond donors (Lipinski definition) is 2. The SMILES string of the molecule is CCc1ccc(NC(=O)c2ccc(NS(C)(=O)=O)c(Cl)c2)cc1. The summed E-state index contributed by atoms with van der Waals surface area (Å²) in [6.07, 6.45) is 1.96. The van der Waals surface area contributed by atoms with Crippen LogP contribution in [-0.4, -0.2) is 20.6 Å². The van der Waals surface area contributed by atoms with Crippen molar-refractivity contribution in [3.8, 4) is 0 Å². The lowest BCUT2D eigenvalue weighted by molar-refractivity contribution is 0.102. The Morgan fingerprint density at radius 3 is 2.30 bits per heavy atom. The summed E-state index contributed by atoms with van der Waals surface area (Å²) in [4.78, 5) is 12.2. The molecule has 0 bridgehead atoms. The Bertz CT molecular complexity index is 818. The predicted molar refractivity (Wildman–Crippen MR) is 93.7 cm³/mol. The third-order valence-corrected chi connectivity index (χ3v) is 4.05. The molecule has 1 amide bonds. The molecule has 0 radical (unpaired) electrons. The van der Waals surface area contributed by atoms with Crippen molar-refractivity contribution >= 4 is 38.9 Å². The first kappa shape index (κ1) is 17.3. The molecule has 0 aliphatic carbocycles. The molecule has 2 aromatic rings. The first-order valence-corrected chi connectivity index (χ1v) is 9.23. The van der Waals surface area contributed by atoms with E-state index in [1.54, 1.807) is 0 Å². The van der Waals surface area contributed by atoms with Crippen LogP contribution in [0, 0.1) is 0 Å². The van der Waals surface area contributed by atoms with Gasteiger partial charge < -0.3 is 5.32 Å². The van der Waals surface area contributed by atoms with Gasteiger partial charge in [0, 0.05) is 11.3 Å². The minimum Gasteiger partial charge on any atom is -0.322 e. The molecule has 0 aliphatic rings. The first-order chi connectivity index (χ1) is 10.8. The van der Waals surface area contributed by atoms with Gasteiger partial charge in [0.2, 0.25) is 10.0 Å². The molecular weight excluding hydrogens is 336 g/mol. The predicted octanol–water partition coefficient (Wildman–Crippen LogP) is 3.53. The number of nitrogens with one attached hydrogen (secondary N) is 2. The van der Waals surface area contributed by atoms with Crippen LogP contribution in [0.1, 0.15) is 22.8 Å². The van der Waals surface area contributed by atoms with Crippen molar-refractivity contribution in [1.29, 1.82) is 0 Å². The molecule has 0 saturated carbocycles. The molecule has 122 valence electrons. The summed E-state index contributed by atoms with van der Waals surface area (Å²) in [7, 11) is -3.42. The molecule has 0 saturated heterocycles. The van der Waals surface area contributed by atoms with Crippen LogP contribution in [0.2, 0.25) is 5.02 Å². The standard InChI is InChI=1S/C16H17ClN2O3S/c1-3-11-4-7-13(8-5-11)18-16(20)12-6-9-15(14(17)10-12)19-23(2,21)22/h4-10,19H,3H2,1-2H3,(H,18,20). The lowest BCUT2D eigenvalue weighted by atomic mass is 10.1. The van der Waals surface area contributed by atoms with Gasteiger partial charge in [0.05, 0.1) is 17.0 Å². The average molecular weight is 353 g/mol. The largest absolute Gasteiger partial charge is 0.322 e. The van der Waals surface area contributed by atoms with Crippen molar-refractivity contribution < 1.29 is 13.2 Å². The first-order valence-electron chi connectivity index (χ1n) is 6.96. The van der Waals surface area contributed by atoms with Crippen LogP contribution in [0.5, 0.6) is 0 Å². The number of anilines is 2. The lowest BCUT2D eigenvalue weighted by Gasteiger charge is -2.09. The van der Waals surface area contributed by atoms with Gasteiger partial charge in [-0.1, -0.05) is 30.7 Å². The minimum absolute atomic E-state index is 0.157. The number of benzene rings is 2. The number of halogens is 1. The number of carbonyl (C=O) groups excluding carboxylic acids is 1. The van der Waals surface area contributed by atoms with Crippen LogP contribution < -0.4 is 10.0 Å². The number of sulfonamides is 1. The zero-order valence-corrected chi connectivity index (χ0v) is 14.3. The van der Waals surface area contributed by atoms with E-state index < -0.39 is 10.0 Å². The highest BCUT2D eigenvalue weighted by Crippen LogP contribution is 2.24. The van der Waals surface area contributed by atoms with Crippen LogP contribution in [0.4, 0.5) is 11.4 Å². The Labute approximate surface area is 140 Å². The van der Waals surface area contributed by atoms with Gasteiger partial charge in [-0.3, -0.25) is 9.52 Å². The summed E-state index contributed by atoms with van der Waals surface area (Å²) < 4.78 is 24.7. The van der Waals surface area contributed by atoms with Gasteiger partial charge in [0.15, 0.2) is 0 Å². The fourth-order valence-corrected chi connectivity index (χ4v) is 2.83. The molecule has 0 aliphatic heterocycles. The highest BCUT2D eigenvalue weighted by molar-refractivity contribution is 7.92. The lowest BCUT2D eigenvalue weighted by Crippen LogP contribution is -2.13. The molecule has 23 heavy (non-hydrogen) atoms. The topological polar surface area (TPSA) is 75.3 Å². The molecule has 0 unspecified atom stereocenters. The molecule has 7 heteroatoms. The van der Waals surface area contributed by atoms with Crippen LogP contribution in [0.25, 0.3) is 0 Å². The van der Waals surface area contributed by atoms with Gasteiger partial charge in [0.1, 0.15) is 0 Å². The van der Waals surface area contributed by atoms with E-state index in [0.717, 1.165) is 12.7 Å². The molecule has 0 fully saturated rings. The van der Waals surface area contributed by atoms with E-state index in [-0.39, 0.29) is 16.6 Å². The fraction of sp³-hybridized carbons (Fsp3) is 0.188. The maximum atomic E-state index is 12.2. The van der Waals surface area contributed by atoms with Crippen molar-refractivity contribution in [2.45, 2.75) is 13.3 Å². The molecule has 5 nitrogen and oxygen atoms in total. The van der Waals surface area contributed by atoms with Crippen LogP contribution in [-0.2, 0) is 16.4 Å². The van der Waals surface area contributed by atoms with E-state index in [4.69, 9.17) is 11.6 Å². The van der Waals surface area contributed by atoms with Crippen LogP contribution in [0.3, 0.4) is 0 Å². The summed E-state index contributed by atoms with van der Waals surface area (Å²) >= 11 is 6.02. The van der Waals surface area contributed by atoms with Crippen molar-refractivity contribution in [3.05, 3.63) is 58.6 Å². The minimum atomic E-state index is -3.42. The summed E-state index contributed by atoms with van der Waals surface area (Å²) in [5, 5.41) is 2.93. The average Bonchev–Trinajstić information content (AvgIpc) is 2.48. The van der Waals surface area contributed by atoms with E-state index >= 15 is 0 Å². The molecule has 2 rings (SSSR count). The maximum Gasteiger partial charge on any atom is 0.255 e. The summed E-state index contributed by atoms with van der Waals surface area (Å²) in [6, 6.07) is 11.9. The normalized spacial score (nSPS) is 11.1. The van der Waals surface area contributed by atoms with Crippen LogP contribution in [0.15, 0.2) is 42.5 Å². The zero-order valence-electron chi connectivity index (χ0n) is 12.8. The third kappa shape index (κ3) is 4.97. The number of hydrogen-bond acceptors (Lipinski definition) is 3. The highest BCUT2D eigenvalue weighted by atomic mass is 35.5. The Hall–Kier alpha value is -2.05. The summed E-state index contributed by atoms with van der Waals surface area (Å²) in [6.45, 7) is 2.06. The van der Waals surface area contributed by atoms with Crippen molar-refractivity contribution in [2.24, 2.45) is 0 Å². The van der Waals surface area contributed by atoms with Crippen molar-refractivity contribution in [3.63, 3.8) is 0 Å². The highest BCUT2D eigenvalue weighted by Gasteiger charge is 2.11. The Morgan fingerprint density at radius 1 is 1.13 bits per heavy atom. The van der Waals surface area contributed by atoms with Crippen molar-refractivity contribution in [1.82, 2.24) is 0 Å². The molecule has 2 aromatic carbocycles. The monoisotopic (exact) mass is 352 g/mol. The molecular formula is C16H17ClN2O3S. The number of amides is 1. The number of carbonyl (C=O) groups is 1. The fourth-order valence-electron chi connectivity index (χ4n) is 1.97. The maximum absolute atomic E-state index is 12.2. The molecule has 0 spiro atoms. The number of aryl methyl sites for hydroxylation is 1. The molecule has 0 heterocycles. The Balaban J connectivity index is 2.14. The molecule has 0 atom stereocenters. The van der Waals surface area contributed by atoms with Gasteiger partial charge in [0.25, 0.3) is 5.91 Å². The molecule has 0 aromatic heterocycles. The van der Waals surface area contributed by atoms with Gasteiger partial charge in [-0.2, -0.15) is 0 Å². The van der Waals surface area contributed by atoms with Crippen LogP contribution >= 0.6 is 11.6 Å². The quantitative estimate of drug-likeness (QED) is 0.864. The van der Waals surface area contributed by atoms with E-state index in [1.807, 2.05) is 24.3 Å². The summed E-state index contributed by atoms with van der Waals surface area (Å²) in [5.41, 5.74) is 2.44. The van der Waals surface area contributed by atoms with Gasteiger partial charge in [-0.25, -0.2) is 8.42 Å². The second kappa shape index (κ2) is 7.02. The van der Waals surface area contributed by atoms with E-state index in [0.29, 0.717) is 11.3 Å². The second-order valence-electron chi connectivity index (χ2n) is 5.07. The number of rotatable bonds is 5.